The molecule has 0 radical (unpaired) electrons. The number of hydrogen-bond acceptors (Lipinski definition) is 3. The molecule has 0 amide bonds. The van der Waals surface area contributed by atoms with Gasteiger partial charge in [-0.25, -0.2) is 0 Å². The van der Waals surface area contributed by atoms with Crippen molar-refractivity contribution in [3.05, 3.63) is 41.7 Å². The van der Waals surface area contributed by atoms with E-state index in [1.165, 1.54) is 0 Å². The first-order valence-electron chi connectivity index (χ1n) is 3.92. The van der Waals surface area contributed by atoms with E-state index >= 15 is 0 Å². The lowest BCUT2D eigenvalue weighted by Crippen LogP contribution is -1.74. The highest BCUT2D eigenvalue weighted by Crippen LogP contribution is 2.02. The van der Waals surface area contributed by atoms with Crippen molar-refractivity contribution >= 4 is 12.2 Å². The molecule has 4 nitrogen and oxygen atoms in total. The van der Waals surface area contributed by atoms with Gasteiger partial charge in [-0.3, -0.25) is 0 Å². The lowest BCUT2D eigenvalue weighted by atomic mass is 10.2. The van der Waals surface area contributed by atoms with Gasteiger partial charge in [0.2, 0.25) is 0 Å². The Morgan fingerprint density at radius 2 is 1.92 bits per heavy atom. The zero-order valence-corrected chi connectivity index (χ0v) is 6.88. The monoisotopic (exact) mass is 172 g/mol. The first-order chi connectivity index (χ1) is 6.45. The first kappa shape index (κ1) is 7.67. The predicted octanol–water partition coefficient (Wildman–Crippen LogP) is 1.37. The molecular weight excluding hydrogens is 164 g/mol. The van der Waals surface area contributed by atoms with Crippen LogP contribution in [0.3, 0.4) is 0 Å². The average molecular weight is 172 g/mol. The van der Waals surface area contributed by atoms with Crippen molar-refractivity contribution in [2.24, 2.45) is 0 Å². The number of H-pyrrole nitrogens is 1. The van der Waals surface area contributed by atoms with E-state index in [1.54, 1.807) is 6.08 Å². The number of aromatic amines is 1. The van der Waals surface area contributed by atoms with Gasteiger partial charge in [0.15, 0.2) is 5.82 Å². The van der Waals surface area contributed by atoms with Crippen LogP contribution in [0.4, 0.5) is 0 Å². The number of hydrogen-bond donors (Lipinski definition) is 1. The Bertz CT molecular complexity index is 377. The maximum atomic E-state index is 3.80. The summed E-state index contributed by atoms with van der Waals surface area (Å²) in [6, 6.07) is 9.96. The van der Waals surface area contributed by atoms with Gasteiger partial charge in [0, 0.05) is 0 Å². The summed E-state index contributed by atoms with van der Waals surface area (Å²) in [6.45, 7) is 0. The fourth-order valence-electron chi connectivity index (χ4n) is 0.975. The Labute approximate surface area is 75.3 Å². The molecule has 64 valence electrons. The third-order valence-electron chi connectivity index (χ3n) is 1.59. The van der Waals surface area contributed by atoms with Crippen LogP contribution in [0.5, 0.6) is 0 Å². The molecule has 0 fully saturated rings. The van der Waals surface area contributed by atoms with Crippen molar-refractivity contribution in [1.82, 2.24) is 20.6 Å². The van der Waals surface area contributed by atoms with E-state index < -0.39 is 0 Å². The predicted molar refractivity (Wildman–Crippen MR) is 49.5 cm³/mol. The molecule has 2 aromatic rings. The Kier molecular flexibility index (Phi) is 2.14. The van der Waals surface area contributed by atoms with E-state index in [9.17, 15) is 0 Å². The highest BCUT2D eigenvalue weighted by Gasteiger charge is 1.89. The van der Waals surface area contributed by atoms with E-state index in [2.05, 4.69) is 20.6 Å². The quantitative estimate of drug-likeness (QED) is 0.744. The molecule has 1 aromatic carbocycles. The molecule has 0 aliphatic carbocycles. The van der Waals surface area contributed by atoms with Crippen molar-refractivity contribution in [3.8, 4) is 0 Å². The van der Waals surface area contributed by atoms with Crippen LogP contribution < -0.4 is 0 Å². The summed E-state index contributed by atoms with van der Waals surface area (Å²) in [6.07, 6.45) is 3.74. The van der Waals surface area contributed by atoms with Gasteiger partial charge >= 0.3 is 0 Å². The summed E-state index contributed by atoms with van der Waals surface area (Å²) < 4.78 is 0. The molecule has 1 aromatic heterocycles. The molecule has 0 spiro atoms. The molecule has 0 atom stereocenters. The molecule has 0 aliphatic rings. The van der Waals surface area contributed by atoms with E-state index in [1.807, 2.05) is 36.4 Å². The molecule has 1 N–H and O–H groups in total. The number of nitrogens with one attached hydrogen (secondary N) is 1. The third-order valence-corrected chi connectivity index (χ3v) is 1.59. The second kappa shape index (κ2) is 3.62. The van der Waals surface area contributed by atoms with Gasteiger partial charge < -0.3 is 0 Å². The van der Waals surface area contributed by atoms with Crippen LogP contribution in [0, 0.1) is 0 Å². The lowest BCUT2D eigenvalue weighted by molar-refractivity contribution is 0.881. The fraction of sp³-hybridized carbons (Fsp3) is 0. The summed E-state index contributed by atoms with van der Waals surface area (Å²) in [7, 11) is 0. The minimum Gasteiger partial charge on any atom is -0.177 e. The van der Waals surface area contributed by atoms with Gasteiger partial charge in [-0.2, -0.15) is 5.21 Å². The summed E-state index contributed by atoms with van der Waals surface area (Å²) >= 11 is 0. The molecular formula is C9H8N4. The molecule has 0 saturated carbocycles. The van der Waals surface area contributed by atoms with Crippen molar-refractivity contribution in [2.45, 2.75) is 0 Å². The van der Waals surface area contributed by atoms with Crippen LogP contribution in [0.15, 0.2) is 30.3 Å². The number of tetrazole rings is 1. The topological polar surface area (TPSA) is 54.5 Å². The number of rotatable bonds is 2. The van der Waals surface area contributed by atoms with Gasteiger partial charge in [-0.05, 0) is 16.9 Å². The minimum atomic E-state index is 0.587. The largest absolute Gasteiger partial charge is 0.197 e. The Morgan fingerprint density at radius 3 is 2.62 bits per heavy atom. The maximum Gasteiger partial charge on any atom is 0.197 e. The van der Waals surface area contributed by atoms with E-state index in [-0.39, 0.29) is 0 Å². The lowest BCUT2D eigenvalue weighted by Gasteiger charge is -1.88. The van der Waals surface area contributed by atoms with Gasteiger partial charge in [0.1, 0.15) is 0 Å². The highest BCUT2D eigenvalue weighted by atomic mass is 15.5. The van der Waals surface area contributed by atoms with Gasteiger partial charge in [-0.15, -0.1) is 10.2 Å². The zero-order chi connectivity index (χ0) is 8.93. The number of nitrogens with zero attached hydrogens (tertiary/aromatic N) is 3. The summed E-state index contributed by atoms with van der Waals surface area (Å²) in [5.74, 6) is 0.587. The summed E-state index contributed by atoms with van der Waals surface area (Å²) in [4.78, 5) is 0. The summed E-state index contributed by atoms with van der Waals surface area (Å²) in [5.41, 5.74) is 1.12. The average Bonchev–Trinajstić information content (AvgIpc) is 2.69. The molecule has 4 heteroatoms. The van der Waals surface area contributed by atoms with Crippen LogP contribution in [0.1, 0.15) is 11.4 Å². The summed E-state index contributed by atoms with van der Waals surface area (Å²) in [5, 5.41) is 13.4. The molecule has 0 bridgehead atoms. The Morgan fingerprint density at radius 1 is 1.08 bits per heavy atom. The van der Waals surface area contributed by atoms with Crippen LogP contribution in [-0.4, -0.2) is 20.6 Å². The van der Waals surface area contributed by atoms with E-state index in [4.69, 9.17) is 0 Å². The Hall–Kier alpha value is -1.97. The van der Waals surface area contributed by atoms with Crippen molar-refractivity contribution in [1.29, 1.82) is 0 Å². The number of benzene rings is 1. The molecule has 0 saturated heterocycles. The second-order valence-corrected chi connectivity index (χ2v) is 2.51. The molecule has 1 heterocycles. The first-order valence-corrected chi connectivity index (χ1v) is 3.92. The third kappa shape index (κ3) is 1.99. The van der Waals surface area contributed by atoms with Crippen LogP contribution in [0.2, 0.25) is 0 Å². The van der Waals surface area contributed by atoms with Gasteiger partial charge in [-0.1, -0.05) is 36.4 Å². The SMILES string of the molecule is C(=Cc1nn[nH]n1)c1ccccc1. The normalized spacial score (nSPS) is 10.8. The Balaban J connectivity index is 2.15. The molecule has 0 unspecified atom stereocenters. The van der Waals surface area contributed by atoms with Crippen molar-refractivity contribution in [2.75, 3.05) is 0 Å². The highest BCUT2D eigenvalue weighted by molar-refractivity contribution is 5.65. The standard InChI is InChI=1S/C9H8N4/c1-2-4-8(5-3-1)6-7-9-10-12-13-11-9/h1-7H,(H,10,11,12,13). The second-order valence-electron chi connectivity index (χ2n) is 2.51. The van der Waals surface area contributed by atoms with E-state index in [0.717, 1.165) is 5.56 Å². The maximum absolute atomic E-state index is 3.80. The minimum absolute atomic E-state index is 0.587. The van der Waals surface area contributed by atoms with Crippen molar-refractivity contribution in [3.63, 3.8) is 0 Å². The smallest absolute Gasteiger partial charge is 0.177 e. The van der Waals surface area contributed by atoms with Crippen LogP contribution >= 0.6 is 0 Å². The van der Waals surface area contributed by atoms with Gasteiger partial charge in [0.05, 0.1) is 0 Å². The molecule has 2 rings (SSSR count). The van der Waals surface area contributed by atoms with Crippen LogP contribution in [0.25, 0.3) is 12.2 Å². The fourth-order valence-corrected chi connectivity index (χ4v) is 0.975. The molecule has 0 aliphatic heterocycles. The zero-order valence-electron chi connectivity index (χ0n) is 6.88. The number of aromatic nitrogens is 4. The van der Waals surface area contributed by atoms with Gasteiger partial charge in [0.25, 0.3) is 0 Å². The molecule has 13 heavy (non-hydrogen) atoms. The van der Waals surface area contributed by atoms with E-state index in [0.29, 0.717) is 5.82 Å². The van der Waals surface area contributed by atoms with Crippen molar-refractivity contribution < 1.29 is 0 Å². The van der Waals surface area contributed by atoms with Crippen LogP contribution in [-0.2, 0) is 0 Å².